The second-order valence-electron chi connectivity index (χ2n) is 4.42. The van der Waals surface area contributed by atoms with Crippen LogP contribution in [0.5, 0.6) is 5.75 Å². The fourth-order valence-corrected chi connectivity index (χ4v) is 2.24. The van der Waals surface area contributed by atoms with E-state index in [4.69, 9.17) is 10.5 Å². The molecule has 0 fully saturated rings. The Bertz CT molecular complexity index is 563. The van der Waals surface area contributed by atoms with Gasteiger partial charge >= 0.3 is 0 Å². The Morgan fingerprint density at radius 3 is 2.42 bits per heavy atom. The van der Waals surface area contributed by atoms with E-state index in [2.05, 4.69) is 24.8 Å². The molecule has 0 radical (unpaired) electrons. The minimum Gasteiger partial charge on any atom is -0.496 e. The molecular formula is C17H19NO. The van der Waals surface area contributed by atoms with Crippen LogP contribution >= 0.6 is 0 Å². The van der Waals surface area contributed by atoms with E-state index in [1.165, 1.54) is 0 Å². The zero-order valence-corrected chi connectivity index (χ0v) is 11.2. The van der Waals surface area contributed by atoms with Crippen LogP contribution in [-0.2, 0) is 0 Å². The van der Waals surface area contributed by atoms with Crippen molar-refractivity contribution in [2.75, 3.05) is 7.11 Å². The first-order valence-corrected chi connectivity index (χ1v) is 6.36. The Hall–Kier alpha value is -2.06. The van der Waals surface area contributed by atoms with E-state index in [9.17, 15) is 0 Å². The molecule has 0 aliphatic carbocycles. The molecule has 0 aromatic heterocycles. The Morgan fingerprint density at radius 1 is 1.11 bits per heavy atom. The molecule has 2 aromatic carbocycles. The van der Waals surface area contributed by atoms with Gasteiger partial charge in [0.05, 0.1) is 7.11 Å². The van der Waals surface area contributed by atoms with Crippen molar-refractivity contribution in [3.8, 4) is 16.9 Å². The summed E-state index contributed by atoms with van der Waals surface area (Å²) < 4.78 is 5.43. The standard InChI is InChI=1S/C17H19NO/c1-3-8-16(18)14-10-5-4-9-13(14)15-11-6-7-12-17(15)19-2/h3-7,9-12,16H,1,8,18H2,2H3. The molecule has 2 nitrogen and oxygen atoms in total. The molecule has 0 amide bonds. The predicted molar refractivity (Wildman–Crippen MR) is 80.2 cm³/mol. The summed E-state index contributed by atoms with van der Waals surface area (Å²) >= 11 is 0. The number of benzene rings is 2. The van der Waals surface area contributed by atoms with Crippen LogP contribution in [0.25, 0.3) is 11.1 Å². The molecule has 0 saturated carbocycles. The summed E-state index contributed by atoms with van der Waals surface area (Å²) in [5.41, 5.74) is 9.53. The van der Waals surface area contributed by atoms with Crippen LogP contribution in [0.1, 0.15) is 18.0 Å². The molecule has 0 aliphatic rings. The van der Waals surface area contributed by atoms with Crippen LogP contribution in [0, 0.1) is 0 Å². The lowest BCUT2D eigenvalue weighted by atomic mass is 9.93. The van der Waals surface area contributed by atoms with E-state index in [1.54, 1.807) is 7.11 Å². The van der Waals surface area contributed by atoms with Crippen LogP contribution in [0.3, 0.4) is 0 Å². The molecule has 19 heavy (non-hydrogen) atoms. The molecular weight excluding hydrogens is 234 g/mol. The van der Waals surface area contributed by atoms with Gasteiger partial charge < -0.3 is 10.5 Å². The molecule has 2 aromatic rings. The van der Waals surface area contributed by atoms with Crippen LogP contribution in [0.4, 0.5) is 0 Å². The summed E-state index contributed by atoms with van der Waals surface area (Å²) in [6, 6.07) is 16.1. The Balaban J connectivity index is 2.53. The number of methoxy groups -OCH3 is 1. The summed E-state index contributed by atoms with van der Waals surface area (Å²) in [5.74, 6) is 0.862. The van der Waals surface area contributed by atoms with E-state index in [0.717, 1.165) is 28.9 Å². The fraction of sp³-hybridized carbons (Fsp3) is 0.176. The summed E-state index contributed by atoms with van der Waals surface area (Å²) in [6.07, 6.45) is 2.61. The molecule has 0 aliphatic heterocycles. The van der Waals surface area contributed by atoms with Crippen LogP contribution in [-0.4, -0.2) is 7.11 Å². The molecule has 0 saturated heterocycles. The Morgan fingerprint density at radius 2 is 1.74 bits per heavy atom. The minimum atomic E-state index is -0.0430. The van der Waals surface area contributed by atoms with Gasteiger partial charge in [0.15, 0.2) is 0 Å². The lowest BCUT2D eigenvalue weighted by Gasteiger charge is -2.17. The zero-order valence-electron chi connectivity index (χ0n) is 11.2. The third-order valence-corrected chi connectivity index (χ3v) is 3.18. The average Bonchev–Trinajstić information content (AvgIpc) is 2.47. The number of hydrogen-bond donors (Lipinski definition) is 1. The number of rotatable bonds is 5. The third-order valence-electron chi connectivity index (χ3n) is 3.18. The van der Waals surface area contributed by atoms with E-state index in [-0.39, 0.29) is 6.04 Å². The molecule has 1 unspecified atom stereocenters. The molecule has 0 spiro atoms. The average molecular weight is 253 g/mol. The highest BCUT2D eigenvalue weighted by Gasteiger charge is 2.13. The summed E-state index contributed by atoms with van der Waals surface area (Å²) in [6.45, 7) is 3.76. The van der Waals surface area contributed by atoms with Crippen molar-refractivity contribution >= 4 is 0 Å². The summed E-state index contributed by atoms with van der Waals surface area (Å²) in [5, 5.41) is 0. The first kappa shape index (κ1) is 13.4. The monoisotopic (exact) mass is 253 g/mol. The van der Waals surface area contributed by atoms with Gasteiger partial charge in [0, 0.05) is 11.6 Å². The minimum absolute atomic E-state index is 0.0430. The van der Waals surface area contributed by atoms with Crippen molar-refractivity contribution in [1.29, 1.82) is 0 Å². The maximum absolute atomic E-state index is 6.22. The third kappa shape index (κ3) is 2.85. The van der Waals surface area contributed by atoms with Crippen molar-refractivity contribution in [3.63, 3.8) is 0 Å². The van der Waals surface area contributed by atoms with Gasteiger partial charge in [-0.25, -0.2) is 0 Å². The number of ether oxygens (including phenoxy) is 1. The van der Waals surface area contributed by atoms with E-state index >= 15 is 0 Å². The maximum atomic E-state index is 6.22. The maximum Gasteiger partial charge on any atom is 0.126 e. The summed E-state index contributed by atoms with van der Waals surface area (Å²) in [7, 11) is 1.69. The number of nitrogens with two attached hydrogens (primary N) is 1. The molecule has 0 heterocycles. The lowest BCUT2D eigenvalue weighted by molar-refractivity contribution is 0.416. The lowest BCUT2D eigenvalue weighted by Crippen LogP contribution is -2.10. The van der Waals surface area contributed by atoms with Gasteiger partial charge in [-0.3, -0.25) is 0 Å². The predicted octanol–water partition coefficient (Wildman–Crippen LogP) is 3.94. The first-order valence-electron chi connectivity index (χ1n) is 6.36. The highest BCUT2D eigenvalue weighted by molar-refractivity contribution is 5.73. The second-order valence-corrected chi connectivity index (χ2v) is 4.42. The molecule has 2 rings (SSSR count). The van der Waals surface area contributed by atoms with Gasteiger partial charge in [0.1, 0.15) is 5.75 Å². The molecule has 2 heteroatoms. The van der Waals surface area contributed by atoms with Gasteiger partial charge in [0.2, 0.25) is 0 Å². The molecule has 2 N–H and O–H groups in total. The van der Waals surface area contributed by atoms with Gasteiger partial charge in [-0.05, 0) is 23.6 Å². The van der Waals surface area contributed by atoms with Crippen LogP contribution in [0.2, 0.25) is 0 Å². The van der Waals surface area contributed by atoms with E-state index in [1.807, 2.05) is 36.4 Å². The zero-order chi connectivity index (χ0) is 13.7. The molecule has 98 valence electrons. The van der Waals surface area contributed by atoms with Crippen molar-refractivity contribution in [1.82, 2.24) is 0 Å². The van der Waals surface area contributed by atoms with Gasteiger partial charge in [-0.1, -0.05) is 48.5 Å². The van der Waals surface area contributed by atoms with Crippen molar-refractivity contribution in [2.24, 2.45) is 5.73 Å². The molecule has 0 bridgehead atoms. The van der Waals surface area contributed by atoms with Crippen molar-refractivity contribution in [2.45, 2.75) is 12.5 Å². The normalized spacial score (nSPS) is 11.9. The van der Waals surface area contributed by atoms with Crippen molar-refractivity contribution in [3.05, 3.63) is 66.7 Å². The quantitative estimate of drug-likeness (QED) is 0.819. The Kier molecular flexibility index (Phi) is 4.37. The molecule has 1 atom stereocenters. The van der Waals surface area contributed by atoms with Gasteiger partial charge in [0.25, 0.3) is 0 Å². The fourth-order valence-electron chi connectivity index (χ4n) is 2.24. The number of para-hydroxylation sites is 1. The van der Waals surface area contributed by atoms with Crippen LogP contribution in [0.15, 0.2) is 61.2 Å². The second kappa shape index (κ2) is 6.21. The summed E-state index contributed by atoms with van der Waals surface area (Å²) in [4.78, 5) is 0. The first-order chi connectivity index (χ1) is 9.27. The van der Waals surface area contributed by atoms with E-state index in [0.29, 0.717) is 0 Å². The van der Waals surface area contributed by atoms with Gasteiger partial charge in [-0.15, -0.1) is 6.58 Å². The topological polar surface area (TPSA) is 35.2 Å². The SMILES string of the molecule is C=CCC(N)c1ccccc1-c1ccccc1OC. The highest BCUT2D eigenvalue weighted by atomic mass is 16.5. The van der Waals surface area contributed by atoms with Crippen LogP contribution < -0.4 is 10.5 Å². The number of hydrogen-bond acceptors (Lipinski definition) is 2. The largest absolute Gasteiger partial charge is 0.496 e. The highest BCUT2D eigenvalue weighted by Crippen LogP contribution is 2.34. The van der Waals surface area contributed by atoms with Gasteiger partial charge in [-0.2, -0.15) is 0 Å². The van der Waals surface area contributed by atoms with E-state index < -0.39 is 0 Å². The van der Waals surface area contributed by atoms with Crippen molar-refractivity contribution < 1.29 is 4.74 Å². The Labute approximate surface area is 114 Å². The smallest absolute Gasteiger partial charge is 0.126 e.